The topological polar surface area (TPSA) is 20.3 Å². The van der Waals surface area contributed by atoms with Crippen LogP contribution in [0.1, 0.15) is 33.1 Å². The molecule has 1 aliphatic rings. The van der Waals surface area contributed by atoms with E-state index in [9.17, 15) is 4.79 Å². The van der Waals surface area contributed by atoms with Crippen molar-refractivity contribution in [3.05, 3.63) is 24.3 Å². The lowest BCUT2D eigenvalue weighted by atomic mass is 10.0. The van der Waals surface area contributed by atoms with Crippen LogP contribution in [0.4, 0.5) is 5.69 Å². The summed E-state index contributed by atoms with van der Waals surface area (Å²) in [7, 11) is 0. The van der Waals surface area contributed by atoms with Gasteiger partial charge in [-0.2, -0.15) is 0 Å². The van der Waals surface area contributed by atoms with Crippen molar-refractivity contribution >= 4 is 23.4 Å². The maximum atomic E-state index is 12.5. The number of hydrogen-bond donors (Lipinski definition) is 0. The summed E-state index contributed by atoms with van der Waals surface area (Å²) < 4.78 is 0. The highest BCUT2D eigenvalue weighted by atomic mass is 32.2. The summed E-state index contributed by atoms with van der Waals surface area (Å²) in [5.41, 5.74) is 1.10. The van der Waals surface area contributed by atoms with E-state index in [0.29, 0.717) is 0 Å². The molecule has 1 heterocycles. The molecular formula is C15H21NOS. The quantitative estimate of drug-likeness (QED) is 0.823. The second kappa shape index (κ2) is 6.28. The van der Waals surface area contributed by atoms with Gasteiger partial charge in [0.25, 0.3) is 0 Å². The maximum Gasteiger partial charge on any atom is 0.229 e. The van der Waals surface area contributed by atoms with E-state index in [1.165, 1.54) is 4.90 Å². The van der Waals surface area contributed by atoms with Crippen LogP contribution in [0.2, 0.25) is 0 Å². The Bertz CT molecular complexity index is 419. The van der Waals surface area contributed by atoms with Crippen LogP contribution in [0.3, 0.4) is 0 Å². The van der Waals surface area contributed by atoms with Gasteiger partial charge < -0.3 is 4.90 Å². The molecule has 3 heteroatoms. The first-order valence-corrected chi connectivity index (χ1v) is 7.75. The summed E-state index contributed by atoms with van der Waals surface area (Å²) in [6, 6.07) is 8.27. The average Bonchev–Trinajstić information content (AvgIpc) is 2.60. The summed E-state index contributed by atoms with van der Waals surface area (Å²) in [6.07, 6.45) is 3.12. The van der Waals surface area contributed by atoms with Gasteiger partial charge in [-0.05, 0) is 30.7 Å². The molecule has 0 bridgehead atoms. The van der Waals surface area contributed by atoms with Crippen LogP contribution < -0.4 is 4.90 Å². The van der Waals surface area contributed by atoms with Crippen molar-refractivity contribution in [1.29, 1.82) is 0 Å². The number of para-hydroxylation sites is 1. The zero-order chi connectivity index (χ0) is 13.0. The molecule has 1 aliphatic heterocycles. The fraction of sp³-hybridized carbons (Fsp3) is 0.533. The number of benzene rings is 1. The van der Waals surface area contributed by atoms with Crippen LogP contribution in [0.25, 0.3) is 0 Å². The van der Waals surface area contributed by atoms with Crippen LogP contribution in [-0.2, 0) is 4.79 Å². The second-order valence-corrected chi connectivity index (χ2v) is 5.99. The Kier molecular flexibility index (Phi) is 4.70. The summed E-state index contributed by atoms with van der Waals surface area (Å²) >= 11 is 1.86. The zero-order valence-corrected chi connectivity index (χ0v) is 12.0. The molecule has 2 nitrogen and oxygen atoms in total. The summed E-state index contributed by atoms with van der Waals surface area (Å²) in [6.45, 7) is 5.04. The van der Waals surface area contributed by atoms with E-state index in [-0.39, 0.29) is 11.8 Å². The predicted molar refractivity (Wildman–Crippen MR) is 78.2 cm³/mol. The third kappa shape index (κ3) is 2.89. The number of nitrogens with zero attached hydrogens (tertiary/aromatic N) is 1. The van der Waals surface area contributed by atoms with Crippen molar-refractivity contribution in [3.63, 3.8) is 0 Å². The molecule has 0 aliphatic carbocycles. The first-order valence-electron chi connectivity index (χ1n) is 6.77. The number of fused-ring (bicyclic) bond motifs is 1. The van der Waals surface area contributed by atoms with Gasteiger partial charge in [-0.25, -0.2) is 0 Å². The monoisotopic (exact) mass is 263 g/mol. The molecule has 0 aromatic heterocycles. The molecule has 1 atom stereocenters. The van der Waals surface area contributed by atoms with Crippen LogP contribution in [0, 0.1) is 5.92 Å². The number of amides is 1. The van der Waals surface area contributed by atoms with Crippen LogP contribution in [0.5, 0.6) is 0 Å². The minimum Gasteiger partial charge on any atom is -0.311 e. The van der Waals surface area contributed by atoms with Crippen LogP contribution >= 0.6 is 11.8 Å². The van der Waals surface area contributed by atoms with Crippen molar-refractivity contribution in [1.82, 2.24) is 0 Å². The van der Waals surface area contributed by atoms with Crippen LogP contribution in [0.15, 0.2) is 29.2 Å². The van der Waals surface area contributed by atoms with Crippen molar-refractivity contribution in [2.45, 2.75) is 38.0 Å². The number of hydrogen-bond acceptors (Lipinski definition) is 2. The Balaban J connectivity index is 2.24. The number of thioether (sulfide) groups is 1. The Morgan fingerprint density at radius 3 is 3.00 bits per heavy atom. The molecule has 0 saturated carbocycles. The lowest BCUT2D eigenvalue weighted by Gasteiger charge is -2.25. The molecule has 0 spiro atoms. The number of carbonyl (C=O) groups excluding carboxylic acids is 1. The Hall–Kier alpha value is -0.960. The van der Waals surface area contributed by atoms with Gasteiger partial charge in [-0.3, -0.25) is 4.79 Å². The minimum atomic E-state index is 0.131. The van der Waals surface area contributed by atoms with E-state index in [2.05, 4.69) is 25.1 Å². The highest BCUT2D eigenvalue weighted by Crippen LogP contribution is 2.34. The Morgan fingerprint density at radius 1 is 1.44 bits per heavy atom. The fourth-order valence-corrected chi connectivity index (χ4v) is 3.37. The fourth-order valence-electron chi connectivity index (χ4n) is 2.38. The van der Waals surface area contributed by atoms with Gasteiger partial charge in [0.05, 0.1) is 5.69 Å². The molecule has 0 fully saturated rings. The van der Waals surface area contributed by atoms with E-state index >= 15 is 0 Å². The molecule has 0 N–H and O–H groups in total. The lowest BCUT2D eigenvalue weighted by molar-refractivity contribution is -0.122. The smallest absolute Gasteiger partial charge is 0.229 e. The number of rotatable bonds is 3. The van der Waals surface area contributed by atoms with Gasteiger partial charge in [0.15, 0.2) is 0 Å². The van der Waals surface area contributed by atoms with E-state index in [0.717, 1.165) is 37.2 Å². The van der Waals surface area contributed by atoms with E-state index in [1.807, 2.05) is 29.7 Å². The van der Waals surface area contributed by atoms with E-state index < -0.39 is 0 Å². The largest absolute Gasteiger partial charge is 0.311 e. The first-order chi connectivity index (χ1) is 8.74. The highest BCUT2D eigenvalue weighted by molar-refractivity contribution is 7.99. The molecule has 1 aromatic carbocycles. The molecule has 1 aromatic rings. The normalized spacial score (nSPS) is 16.9. The van der Waals surface area contributed by atoms with Crippen molar-refractivity contribution < 1.29 is 4.79 Å². The second-order valence-electron chi connectivity index (χ2n) is 4.85. The molecular weight excluding hydrogens is 242 g/mol. The molecule has 2 rings (SSSR count). The minimum absolute atomic E-state index is 0.131. The van der Waals surface area contributed by atoms with Gasteiger partial charge in [-0.1, -0.05) is 32.4 Å². The number of anilines is 1. The van der Waals surface area contributed by atoms with E-state index in [4.69, 9.17) is 0 Å². The summed E-state index contributed by atoms with van der Waals surface area (Å²) in [5, 5.41) is 0. The molecule has 1 unspecified atom stereocenters. The van der Waals surface area contributed by atoms with Gasteiger partial charge >= 0.3 is 0 Å². The van der Waals surface area contributed by atoms with Crippen molar-refractivity contribution in [2.24, 2.45) is 5.92 Å². The molecule has 18 heavy (non-hydrogen) atoms. The van der Waals surface area contributed by atoms with Gasteiger partial charge in [0.2, 0.25) is 5.91 Å². The third-order valence-electron chi connectivity index (χ3n) is 3.35. The Labute approximate surface area is 114 Å². The van der Waals surface area contributed by atoms with Gasteiger partial charge in [-0.15, -0.1) is 11.8 Å². The van der Waals surface area contributed by atoms with Gasteiger partial charge in [0.1, 0.15) is 0 Å². The van der Waals surface area contributed by atoms with E-state index in [1.54, 1.807) is 0 Å². The average molecular weight is 263 g/mol. The Morgan fingerprint density at radius 2 is 2.22 bits per heavy atom. The first kappa shape index (κ1) is 13.5. The summed E-state index contributed by atoms with van der Waals surface area (Å²) in [5.74, 6) is 1.51. The van der Waals surface area contributed by atoms with Gasteiger partial charge in [0, 0.05) is 17.4 Å². The highest BCUT2D eigenvalue weighted by Gasteiger charge is 2.24. The third-order valence-corrected chi connectivity index (χ3v) is 4.50. The van der Waals surface area contributed by atoms with Crippen molar-refractivity contribution in [2.75, 3.05) is 17.2 Å². The lowest BCUT2D eigenvalue weighted by Crippen LogP contribution is -2.36. The van der Waals surface area contributed by atoms with Crippen molar-refractivity contribution in [3.8, 4) is 0 Å². The summed E-state index contributed by atoms with van der Waals surface area (Å²) in [4.78, 5) is 15.8. The maximum absolute atomic E-state index is 12.5. The SMILES string of the molecule is CCCC(C)C(=O)N1CCCSc2ccccc21. The number of carbonyl (C=O) groups is 1. The standard InChI is InChI=1S/C15H21NOS/c1-3-7-12(2)15(17)16-10-6-11-18-14-9-5-4-8-13(14)16/h4-5,8-9,12H,3,6-7,10-11H2,1-2H3. The zero-order valence-electron chi connectivity index (χ0n) is 11.2. The molecule has 98 valence electrons. The van der Waals surface area contributed by atoms with Crippen LogP contribution in [-0.4, -0.2) is 18.2 Å². The molecule has 0 saturated heterocycles. The predicted octanol–water partition coefficient (Wildman–Crippen LogP) is 3.95. The molecule has 0 radical (unpaired) electrons. The molecule has 1 amide bonds.